The average molecular weight is 287 g/mol. The Morgan fingerprint density at radius 3 is 2.57 bits per heavy atom. The molecule has 0 saturated carbocycles. The molecule has 110 valence electrons. The number of aromatic carboxylic acids is 1. The number of aryl methyl sites for hydroxylation is 3. The zero-order chi connectivity index (χ0) is 15.6. The summed E-state index contributed by atoms with van der Waals surface area (Å²) in [7, 11) is 0. The quantitative estimate of drug-likeness (QED) is 0.803. The maximum atomic E-state index is 12.1. The Hall–Kier alpha value is -2.63. The Labute approximate surface area is 122 Å². The summed E-state index contributed by atoms with van der Waals surface area (Å²) in [6.07, 6.45) is 0.154. The number of hydrogen-bond donors (Lipinski definition) is 3. The lowest BCUT2D eigenvalue weighted by molar-refractivity contribution is -0.115. The summed E-state index contributed by atoms with van der Waals surface area (Å²) in [4.78, 5) is 23.4. The number of rotatable bonds is 4. The maximum absolute atomic E-state index is 12.1. The number of nitrogens with one attached hydrogen (secondary N) is 2. The van der Waals surface area contributed by atoms with Crippen molar-refractivity contribution in [3.05, 3.63) is 46.3 Å². The Morgan fingerprint density at radius 2 is 2.00 bits per heavy atom. The molecule has 6 nitrogen and oxygen atoms in total. The van der Waals surface area contributed by atoms with Crippen LogP contribution in [0.5, 0.6) is 0 Å². The zero-order valence-corrected chi connectivity index (χ0v) is 12.2. The predicted molar refractivity (Wildman–Crippen MR) is 78.5 cm³/mol. The summed E-state index contributed by atoms with van der Waals surface area (Å²) >= 11 is 0. The molecule has 3 N–H and O–H groups in total. The molecule has 0 fully saturated rings. The molecule has 6 heteroatoms. The summed E-state index contributed by atoms with van der Waals surface area (Å²) < 4.78 is 0. The maximum Gasteiger partial charge on any atom is 0.338 e. The molecular formula is C15H17N3O3. The van der Waals surface area contributed by atoms with Crippen LogP contribution >= 0.6 is 0 Å². The van der Waals surface area contributed by atoms with E-state index in [4.69, 9.17) is 0 Å². The number of anilines is 1. The number of carbonyl (C=O) groups excluding carboxylic acids is 1. The minimum Gasteiger partial charge on any atom is -0.478 e. The van der Waals surface area contributed by atoms with Crippen LogP contribution in [0.1, 0.15) is 32.9 Å². The van der Waals surface area contributed by atoms with Gasteiger partial charge in [-0.25, -0.2) is 4.79 Å². The van der Waals surface area contributed by atoms with Crippen LogP contribution in [0.15, 0.2) is 18.2 Å². The minimum atomic E-state index is -1.06. The minimum absolute atomic E-state index is 0.117. The van der Waals surface area contributed by atoms with Gasteiger partial charge in [0.1, 0.15) is 0 Å². The van der Waals surface area contributed by atoms with Gasteiger partial charge in [-0.2, -0.15) is 5.10 Å². The second-order valence-corrected chi connectivity index (χ2v) is 4.94. The first-order chi connectivity index (χ1) is 9.90. The standard InChI is InChI=1S/C15H17N3O3/c1-8-5-4-6-12(14(8)15(20)21)16-13(19)7-11-9(2)17-18-10(11)3/h4-6H,7H2,1-3H3,(H,16,19)(H,17,18)(H,20,21). The first-order valence-corrected chi connectivity index (χ1v) is 6.53. The Balaban J connectivity index is 2.21. The number of hydrogen-bond acceptors (Lipinski definition) is 3. The van der Waals surface area contributed by atoms with Crippen LogP contribution in [0.4, 0.5) is 5.69 Å². The molecule has 21 heavy (non-hydrogen) atoms. The van der Waals surface area contributed by atoms with E-state index in [1.807, 2.05) is 13.8 Å². The van der Waals surface area contributed by atoms with E-state index in [-0.39, 0.29) is 17.9 Å². The first-order valence-electron chi connectivity index (χ1n) is 6.53. The number of nitrogens with zero attached hydrogens (tertiary/aromatic N) is 1. The number of H-pyrrole nitrogens is 1. The molecule has 1 heterocycles. The van der Waals surface area contributed by atoms with Crippen molar-refractivity contribution < 1.29 is 14.7 Å². The third-order valence-corrected chi connectivity index (χ3v) is 3.38. The van der Waals surface area contributed by atoms with E-state index in [1.165, 1.54) is 0 Å². The van der Waals surface area contributed by atoms with E-state index in [0.717, 1.165) is 17.0 Å². The van der Waals surface area contributed by atoms with Gasteiger partial charge in [-0.3, -0.25) is 9.89 Å². The molecule has 0 bridgehead atoms. The molecule has 1 aromatic carbocycles. The highest BCUT2D eigenvalue weighted by Gasteiger charge is 2.16. The molecule has 0 aliphatic carbocycles. The van der Waals surface area contributed by atoms with Crippen molar-refractivity contribution in [1.29, 1.82) is 0 Å². The molecule has 0 radical (unpaired) electrons. The average Bonchev–Trinajstić information content (AvgIpc) is 2.70. The van der Waals surface area contributed by atoms with Gasteiger partial charge in [0.25, 0.3) is 0 Å². The fourth-order valence-electron chi connectivity index (χ4n) is 2.25. The van der Waals surface area contributed by atoms with Crippen molar-refractivity contribution in [3.8, 4) is 0 Å². The smallest absolute Gasteiger partial charge is 0.338 e. The third kappa shape index (κ3) is 3.10. The van der Waals surface area contributed by atoms with E-state index in [9.17, 15) is 14.7 Å². The molecular weight excluding hydrogens is 270 g/mol. The van der Waals surface area contributed by atoms with Gasteiger partial charge in [-0.1, -0.05) is 12.1 Å². The summed E-state index contributed by atoms with van der Waals surface area (Å²) in [5.74, 6) is -1.32. The lowest BCUT2D eigenvalue weighted by Gasteiger charge is -2.10. The fourth-order valence-corrected chi connectivity index (χ4v) is 2.25. The molecule has 0 atom stereocenters. The molecule has 0 unspecified atom stereocenters. The summed E-state index contributed by atoms with van der Waals surface area (Å²) in [6, 6.07) is 5.00. The highest BCUT2D eigenvalue weighted by Crippen LogP contribution is 2.20. The molecule has 1 amide bonds. The van der Waals surface area contributed by atoms with Crippen LogP contribution in [-0.2, 0) is 11.2 Å². The number of benzene rings is 1. The van der Waals surface area contributed by atoms with Crippen molar-refractivity contribution in [2.75, 3.05) is 5.32 Å². The van der Waals surface area contributed by atoms with Gasteiger partial charge in [0.2, 0.25) is 5.91 Å². The van der Waals surface area contributed by atoms with E-state index in [0.29, 0.717) is 11.3 Å². The van der Waals surface area contributed by atoms with Crippen LogP contribution in [0.25, 0.3) is 0 Å². The fraction of sp³-hybridized carbons (Fsp3) is 0.267. The van der Waals surface area contributed by atoms with E-state index >= 15 is 0 Å². The van der Waals surface area contributed by atoms with Crippen molar-refractivity contribution in [2.45, 2.75) is 27.2 Å². The third-order valence-electron chi connectivity index (χ3n) is 3.38. The van der Waals surface area contributed by atoms with Crippen molar-refractivity contribution in [3.63, 3.8) is 0 Å². The second kappa shape index (κ2) is 5.78. The van der Waals surface area contributed by atoms with Gasteiger partial charge >= 0.3 is 5.97 Å². The van der Waals surface area contributed by atoms with Gasteiger partial charge < -0.3 is 10.4 Å². The van der Waals surface area contributed by atoms with Gasteiger partial charge in [0, 0.05) is 11.3 Å². The normalized spacial score (nSPS) is 10.4. The SMILES string of the molecule is Cc1cccc(NC(=O)Cc2c(C)n[nH]c2C)c1C(=O)O. The van der Waals surface area contributed by atoms with Crippen LogP contribution in [0, 0.1) is 20.8 Å². The Kier molecular flexibility index (Phi) is 4.07. The van der Waals surface area contributed by atoms with Gasteiger partial charge in [-0.05, 0) is 32.4 Å². The molecule has 2 rings (SSSR count). The topological polar surface area (TPSA) is 95.1 Å². The van der Waals surface area contributed by atoms with Crippen molar-refractivity contribution >= 4 is 17.6 Å². The van der Waals surface area contributed by atoms with Crippen LogP contribution in [0.3, 0.4) is 0 Å². The number of carboxylic acid groups (broad SMARTS) is 1. The predicted octanol–water partition coefficient (Wildman–Crippen LogP) is 2.21. The van der Waals surface area contributed by atoms with E-state index in [1.54, 1.807) is 25.1 Å². The number of carboxylic acids is 1. The van der Waals surface area contributed by atoms with Crippen LogP contribution < -0.4 is 5.32 Å². The molecule has 0 aliphatic heterocycles. The van der Waals surface area contributed by atoms with Gasteiger partial charge in [0.15, 0.2) is 0 Å². The summed E-state index contributed by atoms with van der Waals surface area (Å²) in [5, 5.41) is 18.8. The Bertz CT molecular complexity index is 685. The number of aromatic nitrogens is 2. The molecule has 0 spiro atoms. The highest BCUT2D eigenvalue weighted by molar-refractivity contribution is 6.02. The van der Waals surface area contributed by atoms with Crippen molar-refractivity contribution in [2.24, 2.45) is 0 Å². The summed E-state index contributed by atoms with van der Waals surface area (Å²) in [5.41, 5.74) is 3.47. The molecule has 1 aromatic heterocycles. The van der Waals surface area contributed by atoms with Gasteiger partial charge in [0.05, 0.1) is 23.4 Å². The van der Waals surface area contributed by atoms with Crippen molar-refractivity contribution in [1.82, 2.24) is 10.2 Å². The number of aromatic amines is 1. The number of carbonyl (C=O) groups is 2. The Morgan fingerprint density at radius 1 is 1.29 bits per heavy atom. The molecule has 0 saturated heterocycles. The van der Waals surface area contributed by atoms with Gasteiger partial charge in [-0.15, -0.1) is 0 Å². The lowest BCUT2D eigenvalue weighted by atomic mass is 10.1. The van der Waals surface area contributed by atoms with Crippen LogP contribution in [-0.4, -0.2) is 27.2 Å². The zero-order valence-electron chi connectivity index (χ0n) is 12.2. The summed E-state index contributed by atoms with van der Waals surface area (Å²) in [6.45, 7) is 5.36. The van der Waals surface area contributed by atoms with Crippen LogP contribution in [0.2, 0.25) is 0 Å². The second-order valence-electron chi connectivity index (χ2n) is 4.94. The monoisotopic (exact) mass is 287 g/mol. The van der Waals surface area contributed by atoms with E-state index in [2.05, 4.69) is 15.5 Å². The largest absolute Gasteiger partial charge is 0.478 e. The first kappa shape index (κ1) is 14.8. The lowest BCUT2D eigenvalue weighted by Crippen LogP contribution is -2.18. The molecule has 2 aromatic rings. The highest BCUT2D eigenvalue weighted by atomic mass is 16.4. The number of amides is 1. The molecule has 0 aliphatic rings. The van der Waals surface area contributed by atoms with E-state index < -0.39 is 5.97 Å².